The minimum atomic E-state index is -0.0834. The van der Waals surface area contributed by atoms with E-state index in [2.05, 4.69) is 26.5 Å². The zero-order valence-electron chi connectivity index (χ0n) is 11.4. The van der Waals surface area contributed by atoms with Crippen LogP contribution in [0.5, 0.6) is 0 Å². The van der Waals surface area contributed by atoms with Crippen LogP contribution in [0.25, 0.3) is 5.65 Å². The second-order valence-electron chi connectivity index (χ2n) is 4.81. The van der Waals surface area contributed by atoms with Crippen LogP contribution >= 0.6 is 0 Å². The Morgan fingerprint density at radius 3 is 3.10 bits per heavy atom. The van der Waals surface area contributed by atoms with Gasteiger partial charge in [0.05, 0.1) is 18.5 Å². The molecule has 3 heterocycles. The smallest absolute Gasteiger partial charge is 0.160 e. The Balaban J connectivity index is 1.89. The van der Waals surface area contributed by atoms with E-state index < -0.39 is 0 Å². The van der Waals surface area contributed by atoms with Crippen molar-refractivity contribution in [3.63, 3.8) is 0 Å². The summed E-state index contributed by atoms with van der Waals surface area (Å²) >= 11 is 0. The predicted octanol–water partition coefficient (Wildman–Crippen LogP) is 1.34. The minimum absolute atomic E-state index is 0.0834. The van der Waals surface area contributed by atoms with Crippen LogP contribution < -0.4 is 5.32 Å². The molecule has 0 atom stereocenters. The van der Waals surface area contributed by atoms with E-state index in [9.17, 15) is 5.11 Å². The Bertz CT molecular complexity index is 686. The fourth-order valence-electron chi connectivity index (χ4n) is 2.20. The summed E-state index contributed by atoms with van der Waals surface area (Å²) in [4.78, 5) is 8.64. The summed E-state index contributed by atoms with van der Waals surface area (Å²) in [6.07, 6.45) is 6.84. The van der Waals surface area contributed by atoms with E-state index in [0.717, 1.165) is 35.6 Å². The van der Waals surface area contributed by atoms with Crippen molar-refractivity contribution in [3.8, 4) is 0 Å². The largest absolute Gasteiger partial charge is 0.390 e. The van der Waals surface area contributed by atoms with E-state index in [-0.39, 0.29) is 6.61 Å². The molecule has 0 saturated carbocycles. The second kappa shape index (κ2) is 5.42. The van der Waals surface area contributed by atoms with Gasteiger partial charge in [-0.15, -0.1) is 0 Å². The predicted molar refractivity (Wildman–Crippen MR) is 78.2 cm³/mol. The van der Waals surface area contributed by atoms with E-state index in [4.69, 9.17) is 0 Å². The first-order chi connectivity index (χ1) is 9.78. The van der Waals surface area contributed by atoms with Crippen LogP contribution in [0.2, 0.25) is 0 Å². The third-order valence-corrected chi connectivity index (χ3v) is 3.26. The molecule has 0 radical (unpaired) electrons. The maximum atomic E-state index is 9.31. The van der Waals surface area contributed by atoms with Crippen molar-refractivity contribution in [3.05, 3.63) is 35.2 Å². The van der Waals surface area contributed by atoms with E-state index in [1.165, 1.54) is 0 Å². The maximum Gasteiger partial charge on any atom is 0.160 e. The van der Waals surface area contributed by atoms with E-state index in [0.29, 0.717) is 12.2 Å². The van der Waals surface area contributed by atoms with Gasteiger partial charge < -0.3 is 10.4 Å². The molecule has 0 spiro atoms. The van der Waals surface area contributed by atoms with Gasteiger partial charge >= 0.3 is 0 Å². The van der Waals surface area contributed by atoms with Crippen molar-refractivity contribution >= 4 is 17.7 Å². The third-order valence-electron chi connectivity index (χ3n) is 3.26. The fraction of sp³-hybridized carbons (Fsp3) is 0.357. The van der Waals surface area contributed by atoms with Crippen LogP contribution in [0.4, 0.5) is 5.82 Å². The summed E-state index contributed by atoms with van der Waals surface area (Å²) in [5, 5.41) is 17.0. The van der Waals surface area contributed by atoms with E-state index in [1.807, 2.05) is 19.2 Å². The highest BCUT2D eigenvalue weighted by molar-refractivity contribution is 5.80. The Morgan fingerprint density at radius 1 is 1.45 bits per heavy atom. The quantitative estimate of drug-likeness (QED) is 0.880. The lowest BCUT2D eigenvalue weighted by atomic mass is 10.2. The molecule has 6 nitrogen and oxygen atoms in total. The number of hydrogen-bond acceptors (Lipinski definition) is 5. The standard InChI is InChI=1S/C14H17N5O/c1-10-6-17-19-13(5-12(9-20)18-14(10)19)16-8-11-3-2-4-15-7-11/h3,5-7,16,20H,2,4,8-9H2,1H3. The number of anilines is 1. The maximum absolute atomic E-state index is 9.31. The molecule has 104 valence electrons. The van der Waals surface area contributed by atoms with Crippen LogP contribution in [0, 0.1) is 6.92 Å². The van der Waals surface area contributed by atoms with Gasteiger partial charge in [-0.25, -0.2) is 4.98 Å². The fourth-order valence-corrected chi connectivity index (χ4v) is 2.20. The average Bonchev–Trinajstić information content (AvgIpc) is 2.87. The average molecular weight is 271 g/mol. The Morgan fingerprint density at radius 2 is 2.35 bits per heavy atom. The zero-order chi connectivity index (χ0) is 13.9. The zero-order valence-corrected chi connectivity index (χ0v) is 11.4. The number of aromatic nitrogens is 3. The first-order valence-corrected chi connectivity index (χ1v) is 6.66. The summed E-state index contributed by atoms with van der Waals surface area (Å²) < 4.78 is 1.76. The molecule has 6 heteroatoms. The highest BCUT2D eigenvalue weighted by Gasteiger charge is 2.09. The van der Waals surface area contributed by atoms with Crippen molar-refractivity contribution in [1.82, 2.24) is 14.6 Å². The molecule has 0 bridgehead atoms. The normalized spacial score (nSPS) is 14.6. The van der Waals surface area contributed by atoms with Gasteiger partial charge in [0.1, 0.15) is 5.82 Å². The number of aryl methyl sites for hydroxylation is 1. The molecule has 0 unspecified atom stereocenters. The first kappa shape index (κ1) is 12.8. The molecule has 2 N–H and O–H groups in total. The number of aliphatic hydroxyl groups excluding tert-OH is 1. The molecule has 1 aliphatic rings. The monoisotopic (exact) mass is 271 g/mol. The van der Waals surface area contributed by atoms with E-state index >= 15 is 0 Å². The molecule has 2 aromatic heterocycles. The van der Waals surface area contributed by atoms with Crippen LogP contribution in [0.15, 0.2) is 28.9 Å². The lowest BCUT2D eigenvalue weighted by Gasteiger charge is -2.11. The van der Waals surface area contributed by atoms with Crippen LogP contribution in [0.1, 0.15) is 17.7 Å². The third kappa shape index (κ3) is 2.42. The lowest BCUT2D eigenvalue weighted by Crippen LogP contribution is -2.12. The molecule has 20 heavy (non-hydrogen) atoms. The summed E-state index contributed by atoms with van der Waals surface area (Å²) in [6, 6.07) is 1.82. The van der Waals surface area contributed by atoms with Crippen molar-refractivity contribution in [1.29, 1.82) is 0 Å². The van der Waals surface area contributed by atoms with Gasteiger partial charge in [0, 0.05) is 30.9 Å². The molecule has 0 saturated heterocycles. The first-order valence-electron chi connectivity index (χ1n) is 6.66. The van der Waals surface area contributed by atoms with Crippen molar-refractivity contribution < 1.29 is 5.11 Å². The van der Waals surface area contributed by atoms with Gasteiger partial charge in [-0.2, -0.15) is 9.61 Å². The number of nitrogens with one attached hydrogen (secondary N) is 1. The number of aliphatic hydroxyl groups is 1. The van der Waals surface area contributed by atoms with Crippen molar-refractivity contribution in [2.75, 3.05) is 18.4 Å². The van der Waals surface area contributed by atoms with Gasteiger partial charge in [-0.3, -0.25) is 4.99 Å². The number of fused-ring (bicyclic) bond motifs is 1. The van der Waals surface area contributed by atoms with E-state index in [1.54, 1.807) is 10.7 Å². The highest BCUT2D eigenvalue weighted by atomic mass is 16.3. The molecule has 2 aromatic rings. The Hall–Kier alpha value is -2.21. The summed E-state index contributed by atoms with van der Waals surface area (Å²) in [5.41, 5.74) is 3.55. The lowest BCUT2D eigenvalue weighted by molar-refractivity contribution is 0.277. The second-order valence-corrected chi connectivity index (χ2v) is 4.81. The van der Waals surface area contributed by atoms with Gasteiger partial charge in [-0.1, -0.05) is 6.08 Å². The van der Waals surface area contributed by atoms with Gasteiger partial charge in [0.2, 0.25) is 0 Å². The molecule has 1 aliphatic heterocycles. The summed E-state index contributed by atoms with van der Waals surface area (Å²) in [5.74, 6) is 0.826. The molecule has 0 aliphatic carbocycles. The highest BCUT2D eigenvalue weighted by Crippen LogP contribution is 2.16. The van der Waals surface area contributed by atoms with Gasteiger partial charge in [0.25, 0.3) is 0 Å². The van der Waals surface area contributed by atoms with Crippen molar-refractivity contribution in [2.24, 2.45) is 4.99 Å². The topological polar surface area (TPSA) is 74.8 Å². The van der Waals surface area contributed by atoms with Gasteiger partial charge in [-0.05, 0) is 18.9 Å². The number of dihydropyridines is 1. The number of nitrogens with zero attached hydrogens (tertiary/aromatic N) is 4. The molecule has 0 fully saturated rings. The molecule has 0 amide bonds. The number of aliphatic imine (C=N–C) groups is 1. The van der Waals surface area contributed by atoms with Crippen LogP contribution in [-0.2, 0) is 6.61 Å². The van der Waals surface area contributed by atoms with Crippen LogP contribution in [0.3, 0.4) is 0 Å². The molecule has 0 aromatic carbocycles. The summed E-state index contributed by atoms with van der Waals surface area (Å²) in [7, 11) is 0. The molecule has 3 rings (SSSR count). The van der Waals surface area contributed by atoms with Crippen LogP contribution in [-0.4, -0.2) is 39.0 Å². The number of rotatable bonds is 4. The minimum Gasteiger partial charge on any atom is -0.390 e. The number of hydrogen-bond donors (Lipinski definition) is 2. The Kier molecular flexibility index (Phi) is 3.47. The SMILES string of the molecule is Cc1cnn2c(NCC3=CCCN=C3)cc(CO)nc12. The summed E-state index contributed by atoms with van der Waals surface area (Å²) in [6.45, 7) is 3.43. The molecular weight excluding hydrogens is 254 g/mol. The van der Waals surface area contributed by atoms with Gasteiger partial charge in [0.15, 0.2) is 5.65 Å². The van der Waals surface area contributed by atoms with Crippen molar-refractivity contribution in [2.45, 2.75) is 20.0 Å². The Labute approximate surface area is 116 Å². The molecular formula is C14H17N5O.